The molecule has 11 atom stereocenters. The van der Waals surface area contributed by atoms with Crippen molar-refractivity contribution in [3.63, 3.8) is 0 Å². The molecule has 0 saturated carbocycles. The first-order valence-corrected chi connectivity index (χ1v) is 29.3. The summed E-state index contributed by atoms with van der Waals surface area (Å²) < 4.78 is 0. The number of amides is 11. The number of benzene rings is 3. The lowest BCUT2D eigenvalue weighted by Crippen LogP contribution is -2.63. The van der Waals surface area contributed by atoms with Crippen molar-refractivity contribution >= 4 is 70.9 Å². The number of likely N-dealkylation sites (tertiary alicyclic amines) is 2. The molecule has 3 aromatic carbocycles. The highest BCUT2D eigenvalue weighted by molar-refractivity contribution is 5.99. The summed E-state index contributed by atoms with van der Waals surface area (Å²) in [5.74, 6) is -11.5. The van der Waals surface area contributed by atoms with Gasteiger partial charge in [-0.25, -0.2) is 0 Å². The van der Waals surface area contributed by atoms with Crippen LogP contribution in [0.25, 0.3) is 0 Å². The van der Waals surface area contributed by atoms with Crippen molar-refractivity contribution in [1.82, 2.24) is 52.3 Å². The Hall–Kier alpha value is -8.78. The van der Waals surface area contributed by atoms with Gasteiger partial charge in [0.05, 0.1) is 25.1 Å². The van der Waals surface area contributed by atoms with E-state index in [1.54, 1.807) is 88.4 Å². The number of nitrogens with two attached hydrogens (primary N) is 2. The molecule has 0 radical (unpaired) electrons. The minimum absolute atomic E-state index is 0.0165. The molecule has 14 N–H and O–H groups in total. The molecule has 0 aromatic heterocycles. The largest absolute Gasteiger partial charge is 0.481 e. The SMILES string of the molecule is CC(C)[C@H](NC(=O)[C@H](CC(=O)O)NC(=O)[C@@H](NC(=O)[C@@H]1CCCCN1C(=O)[C@@H](NC(=O)[C@@H](N)Cc1ccccc1)C(C)C)[C@@H](C)O)C(=O)NCC(=O)N1CCC[C@H]1C(=O)N[C@@H](Cc1ccccc1)C(=O)N[C@@H](C)C(=O)N[C@@H](Cc1ccccc1)C(N)=O. The monoisotopic (exact) mass is 1210 g/mol. The van der Waals surface area contributed by atoms with Gasteiger partial charge in [0, 0.05) is 25.9 Å². The minimum Gasteiger partial charge on any atom is -0.481 e. The van der Waals surface area contributed by atoms with E-state index in [0.717, 1.165) is 11.1 Å². The molecule has 11 amide bonds. The highest BCUT2D eigenvalue weighted by Gasteiger charge is 2.42. The predicted molar refractivity (Wildman–Crippen MR) is 318 cm³/mol. The zero-order valence-corrected chi connectivity index (χ0v) is 50.0. The van der Waals surface area contributed by atoms with E-state index in [-0.39, 0.29) is 45.2 Å². The fourth-order valence-corrected chi connectivity index (χ4v) is 10.3. The number of aliphatic hydroxyl groups is 1. The summed E-state index contributed by atoms with van der Waals surface area (Å²) in [6.07, 6.45) is -0.617. The number of piperidine rings is 1. The lowest BCUT2D eigenvalue weighted by molar-refractivity contribution is -0.147. The molecular weight excluding hydrogens is 1120 g/mol. The zero-order chi connectivity index (χ0) is 64.1. The van der Waals surface area contributed by atoms with Gasteiger partial charge in [0.15, 0.2) is 0 Å². The molecule has 26 nitrogen and oxygen atoms in total. The van der Waals surface area contributed by atoms with Gasteiger partial charge in [-0.15, -0.1) is 0 Å². The van der Waals surface area contributed by atoms with Gasteiger partial charge in [0.2, 0.25) is 65.0 Å². The van der Waals surface area contributed by atoms with Crippen LogP contribution in [0.1, 0.15) is 96.8 Å². The first kappa shape index (κ1) is 69.0. The Morgan fingerprint density at radius 3 is 1.53 bits per heavy atom. The van der Waals surface area contributed by atoms with Crippen molar-refractivity contribution in [3.8, 4) is 0 Å². The normalized spacial score (nSPS) is 18.0. The smallest absolute Gasteiger partial charge is 0.305 e. The molecule has 5 rings (SSSR count). The summed E-state index contributed by atoms with van der Waals surface area (Å²) in [5.41, 5.74) is 14.0. The standard InChI is InChI=1S/C61H84N12O14/c1-34(2)49(59(85)64-33-47(75)72-28-18-26-45(72)57(83)67-43(31-40-23-14-9-15-24-40)55(81)65-36(5)53(79)66-42(52(63)78)30-39-21-12-8-13-22-39)69-56(82)44(32-48(76)77)68-60(86)51(37(6)74)71-58(84)46-25-16-17-27-73(46)61(87)50(35(3)4)70-54(80)41(62)29-38-19-10-7-11-20-38/h7-15,19-24,34-37,41-46,49-51,74H,16-18,25-33,62H2,1-6H3,(H2,63,78)(H,64,85)(H,65,81)(H,66,79)(H,67,83)(H,68,86)(H,69,82)(H,70,80)(H,71,84)(H,76,77)/t36-,37+,41-,42-,43-,44-,45-,46-,49-,50-,51-/m0/s1. The van der Waals surface area contributed by atoms with E-state index in [1.807, 2.05) is 30.3 Å². The predicted octanol–water partition coefficient (Wildman–Crippen LogP) is -1.40. The fourth-order valence-electron chi connectivity index (χ4n) is 10.3. The lowest BCUT2D eigenvalue weighted by atomic mass is 9.96. The second-order valence-corrected chi connectivity index (χ2v) is 22.8. The lowest BCUT2D eigenvalue weighted by Gasteiger charge is -2.38. The van der Waals surface area contributed by atoms with Crippen LogP contribution < -0.4 is 54.0 Å². The summed E-state index contributed by atoms with van der Waals surface area (Å²) >= 11 is 0. The summed E-state index contributed by atoms with van der Waals surface area (Å²) in [7, 11) is 0. The number of carbonyl (C=O) groups is 12. The number of hydrogen-bond donors (Lipinski definition) is 12. The third-order valence-corrected chi connectivity index (χ3v) is 15.2. The van der Waals surface area contributed by atoms with Crippen molar-refractivity contribution in [2.24, 2.45) is 23.3 Å². The summed E-state index contributed by atoms with van der Waals surface area (Å²) in [6, 6.07) is 13.7. The Morgan fingerprint density at radius 2 is 0.989 bits per heavy atom. The van der Waals surface area contributed by atoms with Crippen LogP contribution in [0.3, 0.4) is 0 Å². The molecular formula is C61H84N12O14. The molecule has 0 aliphatic carbocycles. The van der Waals surface area contributed by atoms with Gasteiger partial charge >= 0.3 is 5.97 Å². The quantitative estimate of drug-likeness (QED) is 0.0365. The van der Waals surface area contributed by atoms with Crippen molar-refractivity contribution in [3.05, 3.63) is 108 Å². The van der Waals surface area contributed by atoms with Gasteiger partial charge in [-0.2, -0.15) is 0 Å². The average molecular weight is 1210 g/mol. The Bertz CT molecular complexity index is 2900. The van der Waals surface area contributed by atoms with E-state index in [9.17, 15) is 67.7 Å². The van der Waals surface area contributed by atoms with Crippen LogP contribution in [0.15, 0.2) is 91.0 Å². The number of carbonyl (C=O) groups excluding carboxylic acids is 11. The van der Waals surface area contributed by atoms with Crippen LogP contribution in [0.5, 0.6) is 0 Å². The van der Waals surface area contributed by atoms with Gasteiger partial charge in [0.1, 0.15) is 54.4 Å². The van der Waals surface area contributed by atoms with Crippen molar-refractivity contribution in [1.29, 1.82) is 0 Å². The molecule has 2 heterocycles. The van der Waals surface area contributed by atoms with Crippen molar-refractivity contribution in [2.75, 3.05) is 19.6 Å². The fraction of sp³-hybridized carbons (Fsp3) is 0.508. The van der Waals surface area contributed by atoms with Gasteiger partial charge in [-0.1, -0.05) is 119 Å². The van der Waals surface area contributed by atoms with E-state index in [1.165, 1.54) is 23.6 Å². The van der Waals surface area contributed by atoms with Crippen LogP contribution in [0.4, 0.5) is 0 Å². The summed E-state index contributed by atoms with van der Waals surface area (Å²) in [5, 5.41) is 41.0. The number of carboxylic acid groups (broad SMARTS) is 1. The highest BCUT2D eigenvalue weighted by atomic mass is 16.4. The first-order valence-electron chi connectivity index (χ1n) is 29.3. The maximum atomic E-state index is 14.2. The summed E-state index contributed by atoms with van der Waals surface area (Å²) in [6.45, 7) is 8.67. The van der Waals surface area contributed by atoms with Crippen LogP contribution in [0, 0.1) is 11.8 Å². The van der Waals surface area contributed by atoms with Gasteiger partial charge < -0.3 is 74.0 Å². The minimum atomic E-state index is -1.88. The Morgan fingerprint density at radius 1 is 0.506 bits per heavy atom. The number of hydrogen-bond acceptors (Lipinski definition) is 14. The molecule has 472 valence electrons. The van der Waals surface area contributed by atoms with Crippen molar-refractivity contribution in [2.45, 2.75) is 166 Å². The average Bonchev–Trinajstić information content (AvgIpc) is 2.99. The molecule has 0 unspecified atom stereocenters. The van der Waals surface area contributed by atoms with Crippen LogP contribution in [0.2, 0.25) is 0 Å². The van der Waals surface area contributed by atoms with E-state index < -0.39 is 162 Å². The molecule has 2 aliphatic heterocycles. The van der Waals surface area contributed by atoms with Crippen molar-refractivity contribution < 1.29 is 67.7 Å². The topological polar surface area (TPSA) is 400 Å². The first-order chi connectivity index (χ1) is 41.2. The van der Waals surface area contributed by atoms with Crippen LogP contribution in [-0.4, -0.2) is 177 Å². The van der Waals surface area contributed by atoms with Gasteiger partial charge in [-0.3, -0.25) is 57.5 Å². The maximum Gasteiger partial charge on any atom is 0.305 e. The second kappa shape index (κ2) is 33.2. The number of nitrogens with zero attached hydrogens (tertiary/aromatic N) is 2. The molecule has 0 bridgehead atoms. The zero-order valence-electron chi connectivity index (χ0n) is 50.0. The molecule has 0 spiro atoms. The highest BCUT2D eigenvalue weighted by Crippen LogP contribution is 2.22. The number of carboxylic acids is 1. The molecule has 2 aliphatic rings. The number of aliphatic hydroxyl groups excluding tert-OH is 1. The maximum absolute atomic E-state index is 14.2. The third kappa shape index (κ3) is 20.7. The Labute approximate surface area is 505 Å². The third-order valence-electron chi connectivity index (χ3n) is 15.2. The molecule has 2 saturated heterocycles. The molecule has 2 fully saturated rings. The number of rotatable bonds is 30. The molecule has 87 heavy (non-hydrogen) atoms. The molecule has 26 heteroatoms. The number of nitrogens with one attached hydrogen (secondary N) is 8. The van der Waals surface area contributed by atoms with Crippen LogP contribution >= 0.6 is 0 Å². The van der Waals surface area contributed by atoms with Crippen LogP contribution in [-0.2, 0) is 76.8 Å². The molecule has 3 aromatic rings. The van der Waals surface area contributed by atoms with E-state index in [0.29, 0.717) is 24.8 Å². The van der Waals surface area contributed by atoms with Gasteiger partial charge in [-0.05, 0) is 80.9 Å². The van der Waals surface area contributed by atoms with Gasteiger partial charge in [0.25, 0.3) is 0 Å². The van der Waals surface area contributed by atoms with E-state index in [4.69, 9.17) is 11.5 Å². The number of aliphatic carboxylic acids is 1. The number of primary amides is 1. The second-order valence-electron chi connectivity index (χ2n) is 22.8. The Balaban J connectivity index is 1.19. The summed E-state index contributed by atoms with van der Waals surface area (Å²) in [4.78, 5) is 165. The van der Waals surface area contributed by atoms with E-state index in [2.05, 4.69) is 42.5 Å². The Kier molecular flexibility index (Phi) is 26.3. The van der Waals surface area contributed by atoms with E-state index >= 15 is 0 Å².